The first-order valence-electron chi connectivity index (χ1n) is 6.24. The molecule has 0 bridgehead atoms. The van der Waals surface area contributed by atoms with Crippen LogP contribution in [0, 0.1) is 5.92 Å². The van der Waals surface area contributed by atoms with Crippen LogP contribution in [0.25, 0.3) is 0 Å². The van der Waals surface area contributed by atoms with E-state index in [4.69, 9.17) is 5.73 Å². The van der Waals surface area contributed by atoms with Gasteiger partial charge in [-0.15, -0.1) is 0 Å². The number of nitrogens with two attached hydrogens (primary N) is 1. The van der Waals surface area contributed by atoms with Gasteiger partial charge < -0.3 is 20.9 Å². The van der Waals surface area contributed by atoms with Gasteiger partial charge in [0.2, 0.25) is 5.91 Å². The molecule has 0 aliphatic rings. The molecule has 106 valence electrons. The number of hydrogen-bond acceptors (Lipinski definition) is 3. The highest BCUT2D eigenvalue weighted by Crippen LogP contribution is 2.11. The van der Waals surface area contributed by atoms with E-state index in [9.17, 15) is 9.59 Å². The number of hydrogen-bond donors (Lipinski definition) is 3. The van der Waals surface area contributed by atoms with E-state index in [2.05, 4.69) is 15.3 Å². The fourth-order valence-corrected chi connectivity index (χ4v) is 1.76. The first-order chi connectivity index (χ1) is 8.95. The molecule has 0 spiro atoms. The van der Waals surface area contributed by atoms with Gasteiger partial charge in [0.05, 0.1) is 6.54 Å². The van der Waals surface area contributed by atoms with Crippen molar-refractivity contribution in [1.82, 2.24) is 20.2 Å². The van der Waals surface area contributed by atoms with Gasteiger partial charge in [0.15, 0.2) is 0 Å². The number of nitrogens with zero attached hydrogens (tertiary/aromatic N) is 2. The van der Waals surface area contributed by atoms with Gasteiger partial charge in [-0.2, -0.15) is 0 Å². The van der Waals surface area contributed by atoms with Crippen molar-refractivity contribution >= 4 is 11.9 Å². The summed E-state index contributed by atoms with van der Waals surface area (Å²) in [5.41, 5.74) is 5.12. The van der Waals surface area contributed by atoms with Gasteiger partial charge in [0.25, 0.3) is 0 Å². The second kappa shape index (κ2) is 6.77. The van der Waals surface area contributed by atoms with Crippen molar-refractivity contribution in [2.45, 2.75) is 32.9 Å². The number of nitrogens with one attached hydrogen (secondary N) is 2. The zero-order chi connectivity index (χ0) is 14.4. The summed E-state index contributed by atoms with van der Waals surface area (Å²) in [6.07, 6.45) is 4.09. The summed E-state index contributed by atoms with van der Waals surface area (Å²) < 4.78 is 0. The molecule has 0 radical (unpaired) electrons. The van der Waals surface area contributed by atoms with Crippen LogP contribution in [0.1, 0.15) is 26.1 Å². The monoisotopic (exact) mass is 267 g/mol. The van der Waals surface area contributed by atoms with Gasteiger partial charge in [-0.05, 0) is 5.92 Å². The minimum absolute atomic E-state index is 0.0130. The summed E-state index contributed by atoms with van der Waals surface area (Å²) in [5, 5.41) is 2.51. The van der Waals surface area contributed by atoms with Gasteiger partial charge in [0.1, 0.15) is 11.9 Å². The molecule has 3 amide bonds. The van der Waals surface area contributed by atoms with Gasteiger partial charge in [-0.1, -0.05) is 20.3 Å². The maximum Gasteiger partial charge on any atom is 0.312 e. The number of carbonyl (C=O) groups is 2. The average Bonchev–Trinajstić information content (AvgIpc) is 2.86. The Kier molecular flexibility index (Phi) is 5.35. The Morgan fingerprint density at radius 1 is 1.58 bits per heavy atom. The highest BCUT2D eigenvalue weighted by atomic mass is 16.2. The average molecular weight is 267 g/mol. The number of likely N-dealkylation sites (N-methyl/N-ethyl adjacent to an activating group) is 1. The topological polar surface area (TPSA) is 104 Å². The van der Waals surface area contributed by atoms with Crippen LogP contribution in [0.5, 0.6) is 0 Å². The quantitative estimate of drug-likeness (QED) is 0.697. The lowest BCUT2D eigenvalue weighted by atomic mass is 9.98. The molecular formula is C12H21N5O2. The van der Waals surface area contributed by atoms with Crippen LogP contribution in [0.3, 0.4) is 0 Å². The van der Waals surface area contributed by atoms with E-state index in [1.54, 1.807) is 19.4 Å². The summed E-state index contributed by atoms with van der Waals surface area (Å²) in [7, 11) is 1.67. The van der Waals surface area contributed by atoms with E-state index in [-0.39, 0.29) is 11.8 Å². The van der Waals surface area contributed by atoms with E-state index in [0.717, 1.165) is 6.42 Å². The van der Waals surface area contributed by atoms with Gasteiger partial charge in [0, 0.05) is 19.4 Å². The largest absolute Gasteiger partial charge is 0.352 e. The SMILES string of the molecule is CCC(C)C(NC(N)=O)C(=O)N(C)Cc1ncc[nH]1. The van der Waals surface area contributed by atoms with Crippen LogP contribution in [0.2, 0.25) is 0 Å². The number of primary amides is 1. The number of carbonyl (C=O) groups excluding carboxylic acids is 2. The smallest absolute Gasteiger partial charge is 0.312 e. The minimum atomic E-state index is -0.690. The number of aromatic amines is 1. The number of rotatable bonds is 6. The second-order valence-corrected chi connectivity index (χ2v) is 4.60. The predicted molar refractivity (Wildman–Crippen MR) is 71.0 cm³/mol. The zero-order valence-corrected chi connectivity index (χ0v) is 11.5. The molecule has 19 heavy (non-hydrogen) atoms. The maximum atomic E-state index is 12.3. The summed E-state index contributed by atoms with van der Waals surface area (Å²) in [4.78, 5) is 31.8. The molecule has 2 atom stereocenters. The van der Waals surface area contributed by atoms with Crippen molar-refractivity contribution < 1.29 is 9.59 Å². The Morgan fingerprint density at radius 2 is 2.26 bits per heavy atom. The van der Waals surface area contributed by atoms with Crippen molar-refractivity contribution in [3.63, 3.8) is 0 Å². The van der Waals surface area contributed by atoms with Crippen LogP contribution in [-0.2, 0) is 11.3 Å². The Bertz CT molecular complexity index is 418. The van der Waals surface area contributed by atoms with Crippen molar-refractivity contribution in [2.75, 3.05) is 7.05 Å². The number of urea groups is 1. The zero-order valence-electron chi connectivity index (χ0n) is 11.5. The number of H-pyrrole nitrogens is 1. The Balaban J connectivity index is 2.71. The summed E-state index contributed by atoms with van der Waals surface area (Å²) in [5.74, 6) is 0.529. The summed E-state index contributed by atoms with van der Waals surface area (Å²) in [6, 6.07) is -1.30. The molecule has 0 aliphatic carbocycles. The number of amides is 3. The highest BCUT2D eigenvalue weighted by Gasteiger charge is 2.28. The molecule has 0 fully saturated rings. The third-order valence-electron chi connectivity index (χ3n) is 3.09. The predicted octanol–water partition coefficient (Wildman–Crippen LogP) is 0.451. The molecule has 0 aliphatic heterocycles. The number of imidazole rings is 1. The van der Waals surface area contributed by atoms with Crippen LogP contribution in [0.15, 0.2) is 12.4 Å². The summed E-state index contributed by atoms with van der Waals surface area (Å²) in [6.45, 7) is 4.22. The molecule has 0 aromatic carbocycles. The van der Waals surface area contributed by atoms with E-state index < -0.39 is 12.1 Å². The third kappa shape index (κ3) is 4.27. The molecule has 7 nitrogen and oxygen atoms in total. The van der Waals surface area contributed by atoms with Crippen LogP contribution >= 0.6 is 0 Å². The highest BCUT2D eigenvalue weighted by molar-refractivity contribution is 5.86. The molecule has 2 unspecified atom stereocenters. The summed E-state index contributed by atoms with van der Waals surface area (Å²) >= 11 is 0. The van der Waals surface area contributed by atoms with Crippen molar-refractivity contribution in [2.24, 2.45) is 11.7 Å². The molecule has 0 saturated carbocycles. The molecule has 4 N–H and O–H groups in total. The van der Waals surface area contributed by atoms with E-state index in [0.29, 0.717) is 12.4 Å². The first-order valence-corrected chi connectivity index (χ1v) is 6.24. The van der Waals surface area contributed by atoms with Gasteiger partial charge >= 0.3 is 6.03 Å². The molecule has 1 aromatic rings. The van der Waals surface area contributed by atoms with Crippen molar-refractivity contribution in [3.05, 3.63) is 18.2 Å². The Morgan fingerprint density at radius 3 is 2.74 bits per heavy atom. The Labute approximate surface area is 112 Å². The maximum absolute atomic E-state index is 12.3. The molecule has 1 rings (SSSR count). The molecule has 1 aromatic heterocycles. The minimum Gasteiger partial charge on any atom is -0.352 e. The standard InChI is InChI=1S/C12H21N5O2/c1-4-8(2)10(16-12(13)19)11(18)17(3)7-9-14-5-6-15-9/h5-6,8,10H,4,7H2,1-3H3,(H,14,15)(H3,13,16,19). The second-order valence-electron chi connectivity index (χ2n) is 4.60. The van der Waals surface area contributed by atoms with Gasteiger partial charge in [-0.25, -0.2) is 9.78 Å². The van der Waals surface area contributed by atoms with Gasteiger partial charge in [-0.3, -0.25) is 4.79 Å². The molecule has 1 heterocycles. The van der Waals surface area contributed by atoms with Crippen molar-refractivity contribution in [1.29, 1.82) is 0 Å². The third-order valence-corrected chi connectivity index (χ3v) is 3.09. The number of aromatic nitrogens is 2. The lowest BCUT2D eigenvalue weighted by molar-refractivity contribution is -0.133. The molecule has 0 saturated heterocycles. The van der Waals surface area contributed by atoms with Crippen LogP contribution in [-0.4, -0.2) is 39.9 Å². The van der Waals surface area contributed by atoms with Crippen molar-refractivity contribution in [3.8, 4) is 0 Å². The lowest BCUT2D eigenvalue weighted by Gasteiger charge is -2.27. The van der Waals surface area contributed by atoms with Crippen LogP contribution in [0.4, 0.5) is 4.79 Å². The molecule has 7 heteroatoms. The van der Waals surface area contributed by atoms with E-state index in [1.807, 2.05) is 13.8 Å². The Hall–Kier alpha value is -2.05. The van der Waals surface area contributed by atoms with E-state index in [1.165, 1.54) is 4.90 Å². The van der Waals surface area contributed by atoms with E-state index >= 15 is 0 Å². The van der Waals surface area contributed by atoms with Crippen LogP contribution < -0.4 is 11.1 Å². The molecular weight excluding hydrogens is 246 g/mol. The normalized spacial score (nSPS) is 13.6. The fourth-order valence-electron chi connectivity index (χ4n) is 1.76. The first kappa shape index (κ1) is 15.0. The lowest BCUT2D eigenvalue weighted by Crippen LogP contribution is -2.52. The fraction of sp³-hybridized carbons (Fsp3) is 0.583.